The first-order valence-electron chi connectivity index (χ1n) is 14.6. The first-order chi connectivity index (χ1) is 21.4. The van der Waals surface area contributed by atoms with E-state index >= 15 is 0 Å². The predicted molar refractivity (Wildman–Crippen MR) is 175 cm³/mol. The molecule has 0 saturated carbocycles. The van der Waals surface area contributed by atoms with Crippen LogP contribution in [0.4, 0.5) is 5.69 Å². The van der Waals surface area contributed by atoms with Gasteiger partial charge in [0.25, 0.3) is 5.91 Å². The van der Waals surface area contributed by atoms with Crippen LogP contribution in [0.25, 0.3) is 0 Å². The Morgan fingerprint density at radius 3 is 2.41 bits per heavy atom. The zero-order valence-corrected chi connectivity index (χ0v) is 26.2. The molecule has 234 valence electrons. The molecule has 0 aliphatic rings. The molecule has 1 unspecified atom stereocenters. The highest BCUT2D eigenvalue weighted by atomic mass is 32.2. The molecule has 0 aliphatic heterocycles. The van der Waals surface area contributed by atoms with Gasteiger partial charge in [-0.15, -0.1) is 0 Å². The second-order valence-electron chi connectivity index (χ2n) is 9.83. The number of amides is 2. The fraction of sp³-hybridized carbons (Fsp3) is 0.353. The first-order valence-corrected chi connectivity index (χ1v) is 15.4. The van der Waals surface area contributed by atoms with Gasteiger partial charge in [-0.05, 0) is 54.8 Å². The average Bonchev–Trinajstić information content (AvgIpc) is 3.03. The van der Waals surface area contributed by atoms with Gasteiger partial charge in [0.2, 0.25) is 5.91 Å². The number of carbonyl (C=O) groups excluding carboxylic acids is 2. The summed E-state index contributed by atoms with van der Waals surface area (Å²) in [6, 6.07) is 20.5. The number of hydrogen-bond donors (Lipinski definition) is 4. The Morgan fingerprint density at radius 1 is 0.955 bits per heavy atom. The lowest BCUT2D eigenvalue weighted by atomic mass is 10.0. The summed E-state index contributed by atoms with van der Waals surface area (Å²) in [7, 11) is 3.24. The summed E-state index contributed by atoms with van der Waals surface area (Å²) in [4.78, 5) is 26.0. The van der Waals surface area contributed by atoms with Crippen molar-refractivity contribution in [2.75, 3.05) is 59.5 Å². The summed E-state index contributed by atoms with van der Waals surface area (Å²) in [6.45, 7) is 3.05. The van der Waals surface area contributed by atoms with Gasteiger partial charge in [-0.2, -0.15) is 0 Å². The van der Waals surface area contributed by atoms with Gasteiger partial charge in [-0.3, -0.25) is 9.59 Å². The van der Waals surface area contributed by atoms with Crippen LogP contribution in [0, 0.1) is 11.8 Å². The second-order valence-corrected chi connectivity index (χ2v) is 10.9. The van der Waals surface area contributed by atoms with Crippen LogP contribution < -0.4 is 22.1 Å². The highest BCUT2D eigenvalue weighted by molar-refractivity contribution is 7.99. The number of rotatable bonds is 17. The van der Waals surface area contributed by atoms with Crippen molar-refractivity contribution in [3.63, 3.8) is 0 Å². The van der Waals surface area contributed by atoms with Gasteiger partial charge in [0.1, 0.15) is 0 Å². The third-order valence-electron chi connectivity index (χ3n) is 6.55. The van der Waals surface area contributed by atoms with Crippen molar-refractivity contribution >= 4 is 29.3 Å². The second kappa shape index (κ2) is 19.4. The van der Waals surface area contributed by atoms with Crippen LogP contribution in [0.3, 0.4) is 0 Å². The minimum atomic E-state index is -0.551. The van der Waals surface area contributed by atoms with Crippen molar-refractivity contribution in [3.8, 4) is 11.8 Å². The summed E-state index contributed by atoms with van der Waals surface area (Å²) in [5.74, 6) is 6.10. The number of nitrogens with one attached hydrogen (secondary N) is 2. The number of hydrogen-bond acceptors (Lipinski definition) is 8. The topological polar surface area (TPSA) is 138 Å². The summed E-state index contributed by atoms with van der Waals surface area (Å²) in [5, 5.41) is 5.55. The molecule has 9 nitrogen and oxygen atoms in total. The van der Waals surface area contributed by atoms with Gasteiger partial charge in [0.05, 0.1) is 44.6 Å². The molecule has 0 bridgehead atoms. The monoisotopic (exact) mass is 618 g/mol. The SMILES string of the molecule is CNC(=O)c1ccccc1Sc1ccc(C(N)C#Cc2ccc(CCCC(=O)NCCOCCOCCOC)cc2)c(N)c1. The Bertz CT molecular complexity index is 1400. The van der Waals surface area contributed by atoms with E-state index in [0.717, 1.165) is 39.3 Å². The number of nitrogen functional groups attached to an aromatic ring is 1. The molecule has 10 heteroatoms. The smallest absolute Gasteiger partial charge is 0.252 e. The highest BCUT2D eigenvalue weighted by Gasteiger charge is 2.13. The maximum absolute atomic E-state index is 12.2. The van der Waals surface area contributed by atoms with E-state index in [-0.39, 0.29) is 11.8 Å². The van der Waals surface area contributed by atoms with Gasteiger partial charge in [-0.25, -0.2) is 0 Å². The van der Waals surface area contributed by atoms with E-state index in [1.54, 1.807) is 20.2 Å². The van der Waals surface area contributed by atoms with Crippen molar-refractivity contribution in [2.24, 2.45) is 5.73 Å². The minimum Gasteiger partial charge on any atom is -0.398 e. The Hall–Kier alpha value is -3.85. The van der Waals surface area contributed by atoms with E-state index < -0.39 is 6.04 Å². The zero-order chi connectivity index (χ0) is 31.6. The molecule has 3 rings (SSSR count). The maximum Gasteiger partial charge on any atom is 0.252 e. The molecule has 0 radical (unpaired) electrons. The van der Waals surface area contributed by atoms with E-state index in [2.05, 4.69) is 22.5 Å². The highest BCUT2D eigenvalue weighted by Crippen LogP contribution is 2.33. The number of nitrogens with two attached hydrogens (primary N) is 2. The normalized spacial score (nSPS) is 11.3. The lowest BCUT2D eigenvalue weighted by Gasteiger charge is -2.12. The van der Waals surface area contributed by atoms with Crippen molar-refractivity contribution in [2.45, 2.75) is 35.1 Å². The van der Waals surface area contributed by atoms with Crippen LogP contribution in [-0.4, -0.2) is 65.6 Å². The molecule has 3 aromatic carbocycles. The van der Waals surface area contributed by atoms with Crippen LogP contribution >= 0.6 is 11.8 Å². The van der Waals surface area contributed by atoms with Crippen molar-refractivity contribution in [1.82, 2.24) is 10.6 Å². The number of anilines is 1. The summed E-state index contributed by atoms with van der Waals surface area (Å²) in [6.07, 6.45) is 2.00. The standard InChI is InChI=1S/C34H42N4O5S/c1-37-34(40)29-7-3-4-8-32(29)44-27-15-16-28(31(36)24-27)30(35)17-14-26-12-10-25(11-13-26)6-5-9-33(39)38-18-19-42-22-23-43-21-20-41-2/h3-4,7-8,10-13,15-16,24,30H,5-6,9,18-23,35-36H2,1-2H3,(H,37,40)(H,38,39). The molecule has 6 N–H and O–H groups in total. The number of ether oxygens (including phenoxy) is 3. The Kier molecular flexibility index (Phi) is 15.3. The third-order valence-corrected chi connectivity index (χ3v) is 7.61. The molecule has 0 spiro atoms. The van der Waals surface area contributed by atoms with Crippen LogP contribution in [0.5, 0.6) is 0 Å². The molecule has 2 amide bonds. The lowest BCUT2D eigenvalue weighted by Crippen LogP contribution is -2.27. The van der Waals surface area contributed by atoms with E-state index in [9.17, 15) is 9.59 Å². The van der Waals surface area contributed by atoms with Gasteiger partial charge in [0, 0.05) is 53.7 Å². The largest absolute Gasteiger partial charge is 0.398 e. The van der Waals surface area contributed by atoms with Gasteiger partial charge >= 0.3 is 0 Å². The van der Waals surface area contributed by atoms with Crippen LogP contribution in [0.1, 0.15) is 45.9 Å². The fourth-order valence-corrected chi connectivity index (χ4v) is 5.16. The van der Waals surface area contributed by atoms with Gasteiger partial charge in [0.15, 0.2) is 0 Å². The summed E-state index contributed by atoms with van der Waals surface area (Å²) < 4.78 is 15.7. The molecule has 0 fully saturated rings. The van der Waals surface area contributed by atoms with E-state index in [4.69, 9.17) is 25.7 Å². The maximum atomic E-state index is 12.2. The quantitative estimate of drug-likeness (QED) is 0.101. The van der Waals surface area contributed by atoms with Crippen LogP contribution in [-0.2, 0) is 25.4 Å². The van der Waals surface area contributed by atoms with E-state index in [1.807, 2.05) is 60.7 Å². The molecule has 1 atom stereocenters. The molecule has 0 saturated heterocycles. The summed E-state index contributed by atoms with van der Waals surface area (Å²) >= 11 is 1.47. The van der Waals surface area contributed by atoms with Gasteiger partial charge in [-0.1, -0.05) is 53.9 Å². The summed E-state index contributed by atoms with van der Waals surface area (Å²) in [5.41, 5.74) is 16.6. The Balaban J connectivity index is 1.41. The van der Waals surface area contributed by atoms with Crippen molar-refractivity contribution in [1.29, 1.82) is 0 Å². The number of benzene rings is 3. The molecular weight excluding hydrogens is 576 g/mol. The molecule has 44 heavy (non-hydrogen) atoms. The fourth-order valence-electron chi connectivity index (χ4n) is 4.17. The zero-order valence-electron chi connectivity index (χ0n) is 25.4. The molecule has 3 aromatic rings. The lowest BCUT2D eigenvalue weighted by molar-refractivity contribution is -0.121. The minimum absolute atomic E-state index is 0.0148. The van der Waals surface area contributed by atoms with Crippen molar-refractivity contribution in [3.05, 3.63) is 89.0 Å². The van der Waals surface area contributed by atoms with E-state index in [1.165, 1.54) is 11.8 Å². The number of carbonyl (C=O) groups is 2. The van der Waals surface area contributed by atoms with Crippen LogP contribution in [0.2, 0.25) is 0 Å². The molecule has 0 heterocycles. The van der Waals surface area contributed by atoms with Gasteiger partial charge < -0.3 is 36.3 Å². The van der Waals surface area contributed by atoms with Crippen molar-refractivity contribution < 1.29 is 23.8 Å². The number of methoxy groups -OCH3 is 1. The molecular formula is C34H42N4O5S. The Morgan fingerprint density at radius 2 is 1.68 bits per heavy atom. The Labute approximate surface area is 264 Å². The van der Waals surface area contributed by atoms with Crippen LogP contribution in [0.15, 0.2) is 76.5 Å². The van der Waals surface area contributed by atoms with E-state index in [0.29, 0.717) is 57.3 Å². The number of aryl methyl sites for hydroxylation is 1. The molecule has 0 aliphatic carbocycles. The predicted octanol–water partition coefficient (Wildman–Crippen LogP) is 3.95. The first kappa shape index (κ1) is 34.6. The molecule has 0 aromatic heterocycles. The third kappa shape index (κ3) is 12.0. The average molecular weight is 619 g/mol.